The molecule has 0 radical (unpaired) electrons. The van der Waals surface area contributed by atoms with Crippen LogP contribution in [0, 0.1) is 0 Å². The van der Waals surface area contributed by atoms with Crippen molar-refractivity contribution in [1.82, 2.24) is 0 Å². The van der Waals surface area contributed by atoms with Crippen LogP contribution in [0.25, 0.3) is 0 Å². The molecule has 182 valence electrons. The van der Waals surface area contributed by atoms with Crippen LogP contribution in [-0.2, 0) is 9.46 Å². The average molecular weight is 445 g/mol. The van der Waals surface area contributed by atoms with E-state index in [-0.39, 0.29) is 17.2 Å². The third-order valence-electron chi connectivity index (χ3n) is 6.96. The Balaban J connectivity index is 3.81. The first kappa shape index (κ1) is 30.1. The van der Waals surface area contributed by atoms with Crippen LogP contribution in [0.5, 0.6) is 0 Å². The van der Waals surface area contributed by atoms with Gasteiger partial charge in [-0.15, -0.1) is 0 Å². The first-order valence-electron chi connectivity index (χ1n) is 13.1. The molecule has 0 unspecified atom stereocenters. The Hall–Kier alpha value is 0.0969. The molecule has 1 atom stereocenters. The van der Waals surface area contributed by atoms with Gasteiger partial charge in [-0.05, 0) is 31.5 Å². The van der Waals surface area contributed by atoms with Gasteiger partial charge in [-0.3, -0.25) is 4.58 Å². The van der Waals surface area contributed by atoms with Gasteiger partial charge in [-0.25, -0.2) is 4.89 Å². The Morgan fingerprint density at radius 2 is 1.03 bits per heavy atom. The third kappa shape index (κ3) is 15.0. The Morgan fingerprint density at radius 3 is 1.40 bits per heavy atom. The zero-order valence-corrected chi connectivity index (χ0v) is 22.8. The van der Waals surface area contributed by atoms with Gasteiger partial charge in [0.2, 0.25) is 8.32 Å². The molecule has 30 heavy (non-hydrogen) atoms. The molecule has 0 aromatic heterocycles. The summed E-state index contributed by atoms with van der Waals surface area (Å²) in [7, 11) is -1.94. The monoisotopic (exact) mass is 444 g/mol. The Bertz CT molecular complexity index is 392. The highest BCUT2D eigenvalue weighted by Crippen LogP contribution is 2.38. The topological polar surface area (TPSA) is 38.7 Å². The molecule has 0 amide bonds. The van der Waals surface area contributed by atoms with E-state index in [9.17, 15) is 5.11 Å². The summed E-state index contributed by atoms with van der Waals surface area (Å²) in [5, 5.41) is 9.61. The summed E-state index contributed by atoms with van der Waals surface area (Å²) >= 11 is 0. The van der Waals surface area contributed by atoms with E-state index in [0.717, 1.165) is 12.8 Å². The molecular weight excluding hydrogens is 388 g/mol. The number of aliphatic hydroxyl groups is 1. The van der Waals surface area contributed by atoms with E-state index in [1.807, 2.05) is 0 Å². The van der Waals surface area contributed by atoms with Gasteiger partial charge in [0.05, 0.1) is 0 Å². The van der Waals surface area contributed by atoms with E-state index < -0.39 is 8.32 Å². The lowest BCUT2D eigenvalue weighted by molar-refractivity contribution is -0.304. The minimum absolute atomic E-state index is 0.127. The maximum Gasteiger partial charge on any atom is 0.238 e. The van der Waals surface area contributed by atoms with Crippen LogP contribution < -0.4 is 0 Å². The van der Waals surface area contributed by atoms with Crippen LogP contribution in [0.3, 0.4) is 0 Å². The number of unbranched alkanes of at least 4 members (excludes halogenated alkanes) is 13. The van der Waals surface area contributed by atoms with Crippen LogP contribution in [-0.4, -0.2) is 25.6 Å². The van der Waals surface area contributed by atoms with Crippen molar-refractivity contribution < 1.29 is 14.6 Å². The summed E-state index contributed by atoms with van der Waals surface area (Å²) in [6, 6.07) is 0. The smallest absolute Gasteiger partial charge is 0.238 e. The molecular formula is C26H56O3Si. The lowest BCUT2D eigenvalue weighted by Gasteiger charge is -2.38. The molecule has 3 nitrogen and oxygen atoms in total. The zero-order chi connectivity index (χ0) is 22.9. The van der Waals surface area contributed by atoms with Crippen molar-refractivity contribution in [3.05, 3.63) is 0 Å². The quantitative estimate of drug-likeness (QED) is 0.0881. The van der Waals surface area contributed by atoms with Crippen molar-refractivity contribution >= 4 is 8.32 Å². The van der Waals surface area contributed by atoms with Crippen LogP contribution >= 0.6 is 0 Å². The molecule has 0 saturated heterocycles. The van der Waals surface area contributed by atoms with Gasteiger partial charge in [0.25, 0.3) is 0 Å². The summed E-state index contributed by atoms with van der Waals surface area (Å²) in [6.45, 7) is 15.6. The fourth-order valence-corrected chi connectivity index (χ4v) is 4.13. The van der Waals surface area contributed by atoms with Crippen molar-refractivity contribution in [3.8, 4) is 0 Å². The molecule has 0 spiro atoms. The first-order chi connectivity index (χ1) is 14.1. The zero-order valence-electron chi connectivity index (χ0n) is 21.8. The summed E-state index contributed by atoms with van der Waals surface area (Å²) < 4.78 is 6.01. The molecule has 1 N–H and O–H groups in total. The highest BCUT2D eigenvalue weighted by molar-refractivity contribution is 6.73. The number of aliphatic hydroxyl groups excluding tert-OH is 1. The fourth-order valence-electron chi connectivity index (χ4n) is 3.47. The van der Waals surface area contributed by atoms with Crippen molar-refractivity contribution in [3.63, 3.8) is 0 Å². The van der Waals surface area contributed by atoms with Crippen LogP contribution in [0.1, 0.15) is 137 Å². The van der Waals surface area contributed by atoms with Gasteiger partial charge in [0, 0.05) is 13.0 Å². The van der Waals surface area contributed by atoms with Crippen molar-refractivity contribution in [1.29, 1.82) is 0 Å². The van der Waals surface area contributed by atoms with Gasteiger partial charge >= 0.3 is 0 Å². The minimum Gasteiger partial charge on any atom is -0.396 e. The van der Waals surface area contributed by atoms with Gasteiger partial charge in [0.1, 0.15) is 5.60 Å². The first-order valence-corrected chi connectivity index (χ1v) is 16.0. The van der Waals surface area contributed by atoms with E-state index in [0.29, 0.717) is 6.42 Å². The minimum atomic E-state index is -1.94. The highest BCUT2D eigenvalue weighted by atomic mass is 28.4. The van der Waals surface area contributed by atoms with E-state index in [1.54, 1.807) is 0 Å². The van der Waals surface area contributed by atoms with Crippen molar-refractivity contribution in [2.75, 3.05) is 6.61 Å². The van der Waals surface area contributed by atoms with Gasteiger partial charge in [0.15, 0.2) is 0 Å². The highest BCUT2D eigenvalue weighted by Gasteiger charge is 2.41. The van der Waals surface area contributed by atoms with E-state index in [2.05, 4.69) is 47.7 Å². The maximum absolute atomic E-state index is 9.48. The van der Waals surface area contributed by atoms with Crippen LogP contribution in [0.4, 0.5) is 0 Å². The number of hydrogen-bond acceptors (Lipinski definition) is 3. The molecule has 0 rings (SSSR count). The lowest BCUT2D eigenvalue weighted by atomic mass is 9.94. The third-order valence-corrected chi connectivity index (χ3v) is 11.1. The predicted octanol–water partition coefficient (Wildman–Crippen LogP) is 8.95. The molecule has 0 heterocycles. The molecule has 0 bridgehead atoms. The molecule has 0 aliphatic rings. The molecule has 0 aromatic rings. The molecule has 4 heteroatoms. The summed E-state index contributed by atoms with van der Waals surface area (Å²) in [5.41, 5.74) is -0.374. The Labute approximate surface area is 190 Å². The van der Waals surface area contributed by atoms with E-state index >= 15 is 0 Å². The largest absolute Gasteiger partial charge is 0.396 e. The second-order valence-corrected chi connectivity index (χ2v) is 15.9. The second kappa shape index (κ2) is 16.7. The van der Waals surface area contributed by atoms with Crippen molar-refractivity contribution in [2.45, 2.75) is 161 Å². The normalized spacial score (nSPS) is 14.8. The van der Waals surface area contributed by atoms with E-state index in [4.69, 9.17) is 9.46 Å². The standard InChI is InChI=1S/C26H56O3Si/c1-8-9-10-11-12-13-14-15-16-17-18-19-20-21-22-26(5,23-24-27)28-29-30(6,7)25(2,3)4/h27H,8-24H2,1-7H3/t26-/m0/s1. The number of hydrogen-bond donors (Lipinski definition) is 1. The molecule has 0 aliphatic carbocycles. The lowest BCUT2D eigenvalue weighted by Crippen LogP contribution is -2.44. The summed E-state index contributed by atoms with van der Waals surface area (Å²) in [5.74, 6) is 0. The van der Waals surface area contributed by atoms with Crippen LogP contribution in [0.15, 0.2) is 0 Å². The SMILES string of the molecule is CCCCCCCCCCCCCCCC[C@@](C)(CCO)OO[Si](C)(C)C(C)(C)C. The van der Waals surface area contributed by atoms with Gasteiger partial charge in [-0.2, -0.15) is 0 Å². The second-order valence-electron chi connectivity index (χ2n) is 11.2. The maximum atomic E-state index is 9.48. The number of rotatable bonds is 20. The summed E-state index contributed by atoms with van der Waals surface area (Å²) in [6.07, 6.45) is 20.8. The van der Waals surface area contributed by atoms with Crippen molar-refractivity contribution in [2.24, 2.45) is 0 Å². The van der Waals surface area contributed by atoms with Gasteiger partial charge < -0.3 is 5.11 Å². The Morgan fingerprint density at radius 1 is 0.633 bits per heavy atom. The molecule has 0 fully saturated rings. The molecule has 0 aliphatic heterocycles. The van der Waals surface area contributed by atoms with Gasteiger partial charge in [-0.1, -0.05) is 118 Å². The fraction of sp³-hybridized carbons (Fsp3) is 1.00. The average Bonchev–Trinajstić information content (AvgIpc) is 2.66. The van der Waals surface area contributed by atoms with E-state index in [1.165, 1.54) is 83.5 Å². The van der Waals surface area contributed by atoms with Crippen LogP contribution in [0.2, 0.25) is 18.1 Å². The summed E-state index contributed by atoms with van der Waals surface area (Å²) in [4.78, 5) is 5.98. The molecule has 0 saturated carbocycles. The molecule has 0 aromatic carbocycles. The predicted molar refractivity (Wildman–Crippen MR) is 134 cm³/mol. The Kier molecular flexibility index (Phi) is 16.7.